The molecule has 5 heteroatoms. The van der Waals surface area contributed by atoms with Gasteiger partial charge in [0.25, 0.3) is 0 Å². The van der Waals surface area contributed by atoms with Crippen LogP contribution in [0.5, 0.6) is 5.75 Å². The fourth-order valence-corrected chi connectivity index (χ4v) is 2.68. The molecule has 1 atom stereocenters. The van der Waals surface area contributed by atoms with E-state index in [-0.39, 0.29) is 17.9 Å². The van der Waals surface area contributed by atoms with E-state index in [1.807, 2.05) is 37.8 Å². The van der Waals surface area contributed by atoms with E-state index in [1.165, 1.54) is 0 Å². The van der Waals surface area contributed by atoms with Crippen LogP contribution in [0, 0.1) is 0 Å². The Labute approximate surface area is 138 Å². The molecular weight excluding hydrogens is 292 g/mol. The first-order chi connectivity index (χ1) is 10.8. The molecule has 0 spiro atoms. The average molecular weight is 320 g/mol. The zero-order chi connectivity index (χ0) is 16.9. The number of amides is 1. The van der Waals surface area contributed by atoms with Crippen molar-refractivity contribution < 1.29 is 14.6 Å². The number of hydrogen-bond donors (Lipinski definition) is 2. The molecule has 128 valence electrons. The van der Waals surface area contributed by atoms with E-state index in [9.17, 15) is 9.90 Å². The average Bonchev–Trinajstić information content (AvgIpc) is 2.70. The third-order valence-corrected chi connectivity index (χ3v) is 3.85. The summed E-state index contributed by atoms with van der Waals surface area (Å²) in [6.07, 6.45) is 2.94. The second kappa shape index (κ2) is 7.68. The highest BCUT2D eigenvalue weighted by Gasteiger charge is 2.26. The van der Waals surface area contributed by atoms with Crippen molar-refractivity contribution in [3.63, 3.8) is 0 Å². The molecule has 1 unspecified atom stereocenters. The minimum absolute atomic E-state index is 0.226. The molecule has 0 bridgehead atoms. The number of aromatic hydroxyl groups is 1. The van der Waals surface area contributed by atoms with Gasteiger partial charge >= 0.3 is 6.09 Å². The van der Waals surface area contributed by atoms with Gasteiger partial charge in [0.2, 0.25) is 0 Å². The van der Waals surface area contributed by atoms with Gasteiger partial charge < -0.3 is 20.1 Å². The highest BCUT2D eigenvalue weighted by atomic mass is 16.6. The molecule has 0 saturated carbocycles. The van der Waals surface area contributed by atoms with Gasteiger partial charge in [-0.2, -0.15) is 0 Å². The summed E-state index contributed by atoms with van der Waals surface area (Å²) in [6, 6.07) is 7.46. The van der Waals surface area contributed by atoms with Gasteiger partial charge in [0, 0.05) is 25.7 Å². The molecule has 1 saturated heterocycles. The Hall–Kier alpha value is -1.75. The van der Waals surface area contributed by atoms with Crippen LogP contribution in [-0.2, 0) is 11.3 Å². The van der Waals surface area contributed by atoms with Gasteiger partial charge in [0.05, 0.1) is 0 Å². The number of carbonyl (C=O) groups excluding carboxylic acids is 1. The maximum Gasteiger partial charge on any atom is 0.410 e. The molecule has 1 aromatic carbocycles. The minimum atomic E-state index is -0.460. The molecule has 0 aliphatic carbocycles. The number of benzene rings is 1. The summed E-state index contributed by atoms with van der Waals surface area (Å²) in [7, 11) is 0. The van der Waals surface area contributed by atoms with E-state index in [0.717, 1.165) is 37.9 Å². The van der Waals surface area contributed by atoms with Crippen molar-refractivity contribution in [1.29, 1.82) is 0 Å². The molecule has 2 N–H and O–H groups in total. The number of nitrogens with one attached hydrogen (secondary N) is 1. The van der Waals surface area contributed by atoms with Gasteiger partial charge in [0.15, 0.2) is 0 Å². The summed E-state index contributed by atoms with van der Waals surface area (Å²) in [6.45, 7) is 7.84. The van der Waals surface area contributed by atoms with E-state index in [2.05, 4.69) is 5.32 Å². The number of carbonyl (C=O) groups is 1. The van der Waals surface area contributed by atoms with Crippen LogP contribution in [0.15, 0.2) is 24.3 Å². The van der Waals surface area contributed by atoms with E-state index in [4.69, 9.17) is 4.74 Å². The summed E-state index contributed by atoms with van der Waals surface area (Å²) < 4.78 is 5.49. The topological polar surface area (TPSA) is 61.8 Å². The SMILES string of the molecule is CC(C)(C)OC(=O)N1CCCCC(NCc2ccc(O)cc2)C1. The summed E-state index contributed by atoms with van der Waals surface area (Å²) >= 11 is 0. The Kier molecular flexibility index (Phi) is 5.88. The van der Waals surface area contributed by atoms with Crippen molar-refractivity contribution in [2.24, 2.45) is 0 Å². The van der Waals surface area contributed by atoms with Gasteiger partial charge in [-0.25, -0.2) is 4.79 Å². The molecule has 2 rings (SSSR count). The summed E-state index contributed by atoms with van der Waals surface area (Å²) in [5.74, 6) is 0.277. The lowest BCUT2D eigenvalue weighted by molar-refractivity contribution is 0.0243. The smallest absolute Gasteiger partial charge is 0.410 e. The quantitative estimate of drug-likeness (QED) is 0.897. The molecule has 1 amide bonds. The Bertz CT molecular complexity index is 508. The van der Waals surface area contributed by atoms with E-state index in [0.29, 0.717) is 6.54 Å². The monoisotopic (exact) mass is 320 g/mol. The number of ether oxygens (including phenoxy) is 1. The minimum Gasteiger partial charge on any atom is -0.508 e. The predicted molar refractivity (Wildman–Crippen MR) is 90.4 cm³/mol. The van der Waals surface area contributed by atoms with Crippen LogP contribution < -0.4 is 5.32 Å². The third-order valence-electron chi connectivity index (χ3n) is 3.85. The van der Waals surface area contributed by atoms with Gasteiger partial charge in [-0.3, -0.25) is 0 Å². The fraction of sp³-hybridized carbons (Fsp3) is 0.611. The lowest BCUT2D eigenvalue weighted by atomic mass is 10.1. The first-order valence-corrected chi connectivity index (χ1v) is 8.33. The van der Waals surface area contributed by atoms with Gasteiger partial charge in [-0.15, -0.1) is 0 Å². The van der Waals surface area contributed by atoms with E-state index >= 15 is 0 Å². The van der Waals surface area contributed by atoms with Crippen LogP contribution in [0.25, 0.3) is 0 Å². The molecule has 0 radical (unpaired) electrons. The largest absolute Gasteiger partial charge is 0.508 e. The summed E-state index contributed by atoms with van der Waals surface area (Å²) in [4.78, 5) is 14.1. The van der Waals surface area contributed by atoms with Crippen LogP contribution in [0.3, 0.4) is 0 Å². The highest BCUT2D eigenvalue weighted by molar-refractivity contribution is 5.68. The van der Waals surface area contributed by atoms with Gasteiger partial charge in [-0.05, 0) is 51.3 Å². The van der Waals surface area contributed by atoms with Crippen LogP contribution in [0.2, 0.25) is 0 Å². The van der Waals surface area contributed by atoms with Gasteiger partial charge in [0.1, 0.15) is 11.4 Å². The fourth-order valence-electron chi connectivity index (χ4n) is 2.68. The summed E-state index contributed by atoms with van der Waals surface area (Å²) in [5.41, 5.74) is 0.661. The zero-order valence-electron chi connectivity index (χ0n) is 14.3. The molecule has 5 nitrogen and oxygen atoms in total. The van der Waals surface area contributed by atoms with Crippen molar-refractivity contribution >= 4 is 6.09 Å². The zero-order valence-corrected chi connectivity index (χ0v) is 14.3. The lowest BCUT2D eigenvalue weighted by Gasteiger charge is -2.28. The molecule has 1 aliphatic heterocycles. The van der Waals surface area contributed by atoms with E-state index < -0.39 is 5.60 Å². The lowest BCUT2D eigenvalue weighted by Crippen LogP contribution is -2.44. The second-order valence-electron chi connectivity index (χ2n) is 7.17. The second-order valence-corrected chi connectivity index (χ2v) is 7.17. The number of hydrogen-bond acceptors (Lipinski definition) is 4. The Morgan fingerprint density at radius 1 is 1.30 bits per heavy atom. The number of nitrogens with zero attached hydrogens (tertiary/aromatic N) is 1. The van der Waals surface area contributed by atoms with Crippen molar-refractivity contribution in [1.82, 2.24) is 10.2 Å². The van der Waals surface area contributed by atoms with Crippen LogP contribution in [0.4, 0.5) is 4.79 Å². The van der Waals surface area contributed by atoms with E-state index in [1.54, 1.807) is 12.1 Å². The van der Waals surface area contributed by atoms with Gasteiger partial charge in [-0.1, -0.05) is 18.6 Å². The molecule has 1 heterocycles. The normalized spacial score (nSPS) is 19.3. The van der Waals surface area contributed by atoms with Crippen molar-refractivity contribution in [2.45, 2.75) is 58.2 Å². The standard InChI is InChI=1S/C18H28N2O3/c1-18(2,3)23-17(22)20-11-5-4-6-15(13-20)19-12-14-7-9-16(21)10-8-14/h7-10,15,19,21H,4-6,11-13H2,1-3H3. The number of likely N-dealkylation sites (tertiary alicyclic amines) is 1. The Balaban J connectivity index is 1.88. The Morgan fingerprint density at radius 2 is 2.00 bits per heavy atom. The third kappa shape index (κ3) is 6.10. The summed E-state index contributed by atoms with van der Waals surface area (Å²) in [5, 5.41) is 12.8. The van der Waals surface area contributed by atoms with Crippen molar-refractivity contribution in [2.75, 3.05) is 13.1 Å². The van der Waals surface area contributed by atoms with Crippen LogP contribution >= 0.6 is 0 Å². The highest BCUT2D eigenvalue weighted by Crippen LogP contribution is 2.16. The molecule has 1 aliphatic rings. The number of rotatable bonds is 3. The molecule has 1 fully saturated rings. The maximum absolute atomic E-state index is 12.3. The van der Waals surface area contributed by atoms with Crippen LogP contribution in [-0.4, -0.2) is 40.8 Å². The van der Waals surface area contributed by atoms with Crippen molar-refractivity contribution in [3.05, 3.63) is 29.8 Å². The number of phenolic OH excluding ortho intramolecular Hbond substituents is 1. The Morgan fingerprint density at radius 3 is 2.65 bits per heavy atom. The van der Waals surface area contributed by atoms with Crippen molar-refractivity contribution in [3.8, 4) is 5.75 Å². The van der Waals surface area contributed by atoms with Crippen LogP contribution in [0.1, 0.15) is 45.6 Å². The molecule has 0 aromatic heterocycles. The predicted octanol–water partition coefficient (Wildman–Crippen LogP) is 3.27. The molecular formula is C18H28N2O3. The number of phenols is 1. The molecule has 23 heavy (non-hydrogen) atoms. The first-order valence-electron chi connectivity index (χ1n) is 8.33. The molecule has 1 aromatic rings. The first kappa shape index (κ1) is 17.6. The maximum atomic E-state index is 12.3.